The molecule has 0 unspecified atom stereocenters. The predicted molar refractivity (Wildman–Crippen MR) is 107 cm³/mol. The molecule has 3 heterocycles. The van der Waals surface area contributed by atoms with E-state index in [1.807, 2.05) is 4.90 Å². The Kier molecular flexibility index (Phi) is 6.47. The van der Waals surface area contributed by atoms with Crippen molar-refractivity contribution in [3.63, 3.8) is 0 Å². The number of carbonyl (C=O) groups is 2. The molecule has 0 aliphatic carbocycles. The van der Waals surface area contributed by atoms with Gasteiger partial charge in [-0.1, -0.05) is 0 Å². The lowest BCUT2D eigenvalue weighted by molar-refractivity contribution is -0.133. The SMILES string of the molecule is C#CCCC1(CCC(=O)N2CCC(Oc3ccc(C(=O)N(C)C)cn3)CC2)N=N1. The molecule has 154 valence electrons. The molecule has 2 aliphatic heterocycles. The summed E-state index contributed by atoms with van der Waals surface area (Å²) in [6.45, 7) is 1.32. The van der Waals surface area contributed by atoms with E-state index in [1.165, 1.54) is 11.1 Å². The second kappa shape index (κ2) is 9.03. The Morgan fingerprint density at radius 1 is 1.28 bits per heavy atom. The normalized spacial score (nSPS) is 17.5. The lowest BCUT2D eigenvalue weighted by atomic mass is 10.0. The summed E-state index contributed by atoms with van der Waals surface area (Å²) in [5, 5.41) is 8.16. The first-order valence-electron chi connectivity index (χ1n) is 9.92. The molecule has 0 aromatic carbocycles. The van der Waals surface area contributed by atoms with Gasteiger partial charge in [0.25, 0.3) is 5.91 Å². The lowest BCUT2D eigenvalue weighted by Crippen LogP contribution is -2.42. The van der Waals surface area contributed by atoms with Crippen molar-refractivity contribution < 1.29 is 14.3 Å². The van der Waals surface area contributed by atoms with Gasteiger partial charge in [0.2, 0.25) is 11.8 Å². The van der Waals surface area contributed by atoms with Crippen LogP contribution in [0.3, 0.4) is 0 Å². The number of rotatable bonds is 8. The zero-order chi connectivity index (χ0) is 20.9. The maximum absolute atomic E-state index is 12.5. The average Bonchev–Trinajstić information content (AvgIpc) is 3.51. The van der Waals surface area contributed by atoms with Crippen molar-refractivity contribution in [1.29, 1.82) is 0 Å². The molecule has 8 heteroatoms. The third-order valence-corrected chi connectivity index (χ3v) is 5.26. The van der Waals surface area contributed by atoms with Gasteiger partial charge in [-0.05, 0) is 6.07 Å². The van der Waals surface area contributed by atoms with Gasteiger partial charge in [-0.3, -0.25) is 9.59 Å². The topological polar surface area (TPSA) is 87.5 Å². The first-order chi connectivity index (χ1) is 13.9. The minimum atomic E-state index is -0.407. The highest BCUT2D eigenvalue weighted by atomic mass is 16.5. The molecular formula is C21H27N5O3. The highest BCUT2D eigenvalue weighted by Crippen LogP contribution is 2.37. The van der Waals surface area contributed by atoms with Crippen molar-refractivity contribution in [2.75, 3.05) is 27.2 Å². The Labute approximate surface area is 171 Å². The maximum Gasteiger partial charge on any atom is 0.254 e. The van der Waals surface area contributed by atoms with E-state index in [4.69, 9.17) is 11.2 Å². The van der Waals surface area contributed by atoms with E-state index in [0.29, 0.717) is 43.8 Å². The first-order valence-corrected chi connectivity index (χ1v) is 9.92. The van der Waals surface area contributed by atoms with E-state index in [0.717, 1.165) is 19.3 Å². The first kappa shape index (κ1) is 20.8. The van der Waals surface area contributed by atoms with Crippen molar-refractivity contribution in [3.05, 3.63) is 23.9 Å². The number of carbonyl (C=O) groups excluding carboxylic acids is 2. The van der Waals surface area contributed by atoms with Crippen LogP contribution in [0.2, 0.25) is 0 Å². The fourth-order valence-corrected chi connectivity index (χ4v) is 3.36. The van der Waals surface area contributed by atoms with Gasteiger partial charge in [0.1, 0.15) is 6.10 Å². The van der Waals surface area contributed by atoms with Crippen molar-refractivity contribution >= 4 is 11.8 Å². The monoisotopic (exact) mass is 397 g/mol. The van der Waals surface area contributed by atoms with Crippen LogP contribution in [-0.2, 0) is 4.79 Å². The molecule has 0 saturated carbocycles. The van der Waals surface area contributed by atoms with Crippen molar-refractivity contribution in [2.45, 2.75) is 50.3 Å². The third kappa shape index (κ3) is 5.53. The Morgan fingerprint density at radius 2 is 2.00 bits per heavy atom. The fourth-order valence-electron chi connectivity index (χ4n) is 3.36. The summed E-state index contributed by atoms with van der Waals surface area (Å²) in [5.41, 5.74) is 0.117. The van der Waals surface area contributed by atoms with Crippen LogP contribution in [0, 0.1) is 12.3 Å². The van der Waals surface area contributed by atoms with Gasteiger partial charge in [0.15, 0.2) is 5.66 Å². The van der Waals surface area contributed by atoms with Crippen LogP contribution in [0.25, 0.3) is 0 Å². The molecule has 2 amide bonds. The van der Waals surface area contributed by atoms with Gasteiger partial charge < -0.3 is 14.5 Å². The highest BCUT2D eigenvalue weighted by molar-refractivity contribution is 5.93. The van der Waals surface area contributed by atoms with Gasteiger partial charge in [0, 0.05) is 78.0 Å². The molecule has 2 aliphatic rings. The Balaban J connectivity index is 1.40. The highest BCUT2D eigenvalue weighted by Gasteiger charge is 2.39. The Bertz CT molecular complexity index is 799. The second-order valence-corrected chi connectivity index (χ2v) is 7.67. The van der Waals surface area contributed by atoms with Crippen LogP contribution < -0.4 is 4.74 Å². The van der Waals surface area contributed by atoms with Crippen LogP contribution in [0.5, 0.6) is 5.88 Å². The van der Waals surface area contributed by atoms with Crippen LogP contribution in [0.15, 0.2) is 28.6 Å². The molecule has 1 aromatic heterocycles. The van der Waals surface area contributed by atoms with E-state index in [2.05, 4.69) is 21.1 Å². The summed E-state index contributed by atoms with van der Waals surface area (Å²) < 4.78 is 5.92. The van der Waals surface area contributed by atoms with Crippen LogP contribution in [0.1, 0.15) is 48.9 Å². The number of piperidine rings is 1. The largest absolute Gasteiger partial charge is 0.474 e. The summed E-state index contributed by atoms with van der Waals surface area (Å²) in [5.74, 6) is 3.13. The van der Waals surface area contributed by atoms with Crippen molar-refractivity contribution in [3.8, 4) is 18.2 Å². The minimum Gasteiger partial charge on any atom is -0.474 e. The zero-order valence-corrected chi connectivity index (χ0v) is 17.0. The Hall–Kier alpha value is -2.95. The van der Waals surface area contributed by atoms with E-state index in [-0.39, 0.29) is 17.9 Å². The van der Waals surface area contributed by atoms with Crippen LogP contribution in [0.4, 0.5) is 0 Å². The van der Waals surface area contributed by atoms with E-state index in [1.54, 1.807) is 26.2 Å². The van der Waals surface area contributed by atoms with E-state index < -0.39 is 5.66 Å². The third-order valence-electron chi connectivity index (χ3n) is 5.26. The number of terminal acetylenes is 1. The summed E-state index contributed by atoms with van der Waals surface area (Å²) in [6.07, 6.45) is 10.8. The number of ether oxygens (including phenoxy) is 1. The second-order valence-electron chi connectivity index (χ2n) is 7.67. The lowest BCUT2D eigenvalue weighted by Gasteiger charge is -2.32. The average molecular weight is 397 g/mol. The fraction of sp³-hybridized carbons (Fsp3) is 0.571. The molecule has 0 radical (unpaired) electrons. The molecule has 1 saturated heterocycles. The molecule has 8 nitrogen and oxygen atoms in total. The van der Waals surface area contributed by atoms with Gasteiger partial charge in [0.05, 0.1) is 5.56 Å². The minimum absolute atomic E-state index is 0.0114. The Morgan fingerprint density at radius 3 is 2.55 bits per heavy atom. The van der Waals surface area contributed by atoms with E-state index in [9.17, 15) is 9.59 Å². The summed E-state index contributed by atoms with van der Waals surface area (Å²) in [4.78, 5) is 32.0. The number of nitrogens with zero attached hydrogens (tertiary/aromatic N) is 5. The number of pyridine rings is 1. The molecule has 0 atom stereocenters. The standard InChI is InChI=1S/C21H27N5O3/c1-4-5-11-21(23-24-21)12-8-19(27)26-13-9-17(10-14-26)29-18-7-6-16(15-22-18)20(28)25(2)3/h1,6-7,15,17H,5,8-14H2,2-3H3. The van der Waals surface area contributed by atoms with Gasteiger partial charge in [-0.15, -0.1) is 12.3 Å². The molecule has 1 aromatic rings. The van der Waals surface area contributed by atoms with Gasteiger partial charge >= 0.3 is 0 Å². The molecule has 3 rings (SSSR count). The molecule has 0 bridgehead atoms. The molecule has 0 N–H and O–H groups in total. The van der Waals surface area contributed by atoms with Crippen molar-refractivity contribution in [1.82, 2.24) is 14.8 Å². The molecule has 29 heavy (non-hydrogen) atoms. The number of hydrogen-bond donors (Lipinski definition) is 0. The zero-order valence-electron chi connectivity index (χ0n) is 17.0. The van der Waals surface area contributed by atoms with E-state index >= 15 is 0 Å². The number of likely N-dealkylation sites (tertiary alicyclic amines) is 1. The summed E-state index contributed by atoms with van der Waals surface area (Å²) in [6, 6.07) is 3.43. The number of aromatic nitrogens is 1. The van der Waals surface area contributed by atoms with Crippen LogP contribution >= 0.6 is 0 Å². The quantitative estimate of drug-likeness (QED) is 0.631. The molecule has 1 fully saturated rings. The van der Waals surface area contributed by atoms with Gasteiger partial charge in [-0.2, -0.15) is 10.2 Å². The number of hydrogen-bond acceptors (Lipinski definition) is 6. The van der Waals surface area contributed by atoms with Crippen molar-refractivity contribution in [2.24, 2.45) is 10.2 Å². The summed E-state index contributed by atoms with van der Waals surface area (Å²) >= 11 is 0. The maximum atomic E-state index is 12.5. The molecule has 0 spiro atoms. The van der Waals surface area contributed by atoms with Gasteiger partial charge in [-0.25, -0.2) is 4.98 Å². The smallest absolute Gasteiger partial charge is 0.254 e. The molecular weight excluding hydrogens is 370 g/mol. The number of amides is 2. The predicted octanol–water partition coefficient (Wildman–Crippen LogP) is 2.51. The van der Waals surface area contributed by atoms with Crippen LogP contribution in [-0.4, -0.2) is 65.5 Å². The summed E-state index contributed by atoms with van der Waals surface area (Å²) in [7, 11) is 3.40.